The van der Waals surface area contributed by atoms with Crippen molar-refractivity contribution >= 4 is 11.9 Å². The molecular weight excluding hydrogens is 246 g/mol. The minimum atomic E-state index is -0.974. The summed E-state index contributed by atoms with van der Waals surface area (Å²) in [4.78, 5) is 23.8. The molecule has 0 saturated carbocycles. The highest BCUT2D eigenvalue weighted by molar-refractivity contribution is 5.76. The molecule has 0 saturated heterocycles. The number of hydrogen-bond acceptors (Lipinski definition) is 3. The summed E-state index contributed by atoms with van der Waals surface area (Å²) in [5.74, 6) is -1.60. The van der Waals surface area contributed by atoms with Gasteiger partial charge in [0.2, 0.25) is 0 Å². The number of nitrogens with zero attached hydrogens (tertiary/aromatic N) is 1. The van der Waals surface area contributed by atoms with Crippen molar-refractivity contribution in [3.63, 3.8) is 0 Å². The molecule has 0 bridgehead atoms. The highest BCUT2D eigenvalue weighted by atomic mass is 16.4. The van der Waals surface area contributed by atoms with Crippen molar-refractivity contribution in [1.29, 1.82) is 0 Å². The van der Waals surface area contributed by atoms with E-state index in [-0.39, 0.29) is 0 Å². The molecule has 0 spiro atoms. The van der Waals surface area contributed by atoms with Gasteiger partial charge < -0.3 is 10.2 Å². The van der Waals surface area contributed by atoms with E-state index in [1.807, 2.05) is 0 Å². The van der Waals surface area contributed by atoms with Crippen LogP contribution >= 0.6 is 0 Å². The molecule has 2 N–H and O–H groups in total. The van der Waals surface area contributed by atoms with Gasteiger partial charge in [0.1, 0.15) is 12.1 Å². The molecule has 19 heavy (non-hydrogen) atoms. The average molecular weight is 273 g/mol. The van der Waals surface area contributed by atoms with Gasteiger partial charge >= 0.3 is 11.9 Å². The quantitative estimate of drug-likeness (QED) is 0.639. The van der Waals surface area contributed by atoms with Crippen molar-refractivity contribution in [3.05, 3.63) is 0 Å². The van der Waals surface area contributed by atoms with E-state index in [2.05, 4.69) is 13.8 Å². The van der Waals surface area contributed by atoms with E-state index in [9.17, 15) is 9.59 Å². The summed E-state index contributed by atoms with van der Waals surface area (Å²) >= 11 is 0. The number of hydrogen-bond donors (Lipinski definition) is 2. The second-order valence-electron chi connectivity index (χ2n) is 5.14. The Labute approximate surface area is 115 Å². The van der Waals surface area contributed by atoms with Crippen LogP contribution in [0.3, 0.4) is 0 Å². The van der Waals surface area contributed by atoms with Crippen molar-refractivity contribution in [2.45, 2.75) is 65.5 Å². The predicted molar refractivity (Wildman–Crippen MR) is 74.2 cm³/mol. The normalized spacial score (nSPS) is 16.1. The number of aliphatic carboxylic acids is 2. The van der Waals surface area contributed by atoms with Crippen LogP contribution in [0.2, 0.25) is 0 Å². The van der Waals surface area contributed by atoms with Gasteiger partial charge in [-0.25, -0.2) is 0 Å². The molecule has 3 unspecified atom stereocenters. The first kappa shape index (κ1) is 17.9. The Bertz CT molecular complexity index is 273. The molecule has 5 heteroatoms. The Morgan fingerprint density at radius 1 is 1.05 bits per heavy atom. The first-order valence-corrected chi connectivity index (χ1v) is 7.06. The van der Waals surface area contributed by atoms with Crippen molar-refractivity contribution in [1.82, 2.24) is 4.90 Å². The lowest BCUT2D eigenvalue weighted by atomic mass is 9.97. The molecule has 0 amide bonds. The Kier molecular flexibility index (Phi) is 8.39. The zero-order valence-electron chi connectivity index (χ0n) is 12.4. The zero-order valence-corrected chi connectivity index (χ0v) is 12.4. The lowest BCUT2D eigenvalue weighted by Crippen LogP contribution is -2.49. The topological polar surface area (TPSA) is 77.8 Å². The summed E-state index contributed by atoms with van der Waals surface area (Å²) in [6, 6.07) is -1.55. The SMILES string of the molecule is CCCCC(CC)CN(C(C)C(=O)O)C(C)C(=O)O. The third-order valence-electron chi connectivity index (χ3n) is 3.72. The zero-order chi connectivity index (χ0) is 15.0. The molecular formula is C14H27NO4. The van der Waals surface area contributed by atoms with Crippen LogP contribution in [0.5, 0.6) is 0 Å². The van der Waals surface area contributed by atoms with Crippen LogP contribution in [0.25, 0.3) is 0 Å². The molecule has 0 heterocycles. The van der Waals surface area contributed by atoms with Crippen molar-refractivity contribution in [3.8, 4) is 0 Å². The standard InChI is InChI=1S/C14H27NO4/c1-5-7-8-12(6-2)9-15(10(3)13(16)17)11(4)14(18)19/h10-12H,5-9H2,1-4H3,(H,16,17)(H,18,19). The summed E-state index contributed by atoms with van der Waals surface area (Å²) in [6.07, 6.45) is 4.14. The molecule has 0 aromatic carbocycles. The predicted octanol–water partition coefficient (Wildman–Crippen LogP) is 2.45. The van der Waals surface area contributed by atoms with Gasteiger partial charge in [-0.05, 0) is 26.2 Å². The molecule has 0 aliphatic carbocycles. The molecule has 0 fully saturated rings. The smallest absolute Gasteiger partial charge is 0.320 e. The Morgan fingerprint density at radius 2 is 1.53 bits per heavy atom. The third-order valence-corrected chi connectivity index (χ3v) is 3.72. The molecule has 0 rings (SSSR count). The van der Waals surface area contributed by atoms with Gasteiger partial charge in [-0.3, -0.25) is 14.5 Å². The van der Waals surface area contributed by atoms with Gasteiger partial charge in [0.25, 0.3) is 0 Å². The second-order valence-corrected chi connectivity index (χ2v) is 5.14. The van der Waals surface area contributed by atoms with E-state index in [1.165, 1.54) is 0 Å². The van der Waals surface area contributed by atoms with E-state index >= 15 is 0 Å². The van der Waals surface area contributed by atoms with Crippen LogP contribution in [-0.4, -0.2) is 45.7 Å². The van der Waals surface area contributed by atoms with Crippen LogP contribution in [-0.2, 0) is 9.59 Å². The number of carboxylic acid groups (broad SMARTS) is 2. The van der Waals surface area contributed by atoms with E-state index in [4.69, 9.17) is 10.2 Å². The highest BCUT2D eigenvalue weighted by Gasteiger charge is 2.30. The third kappa shape index (κ3) is 6.05. The summed E-state index contributed by atoms with van der Waals surface area (Å²) in [5, 5.41) is 18.2. The molecule has 3 atom stereocenters. The van der Waals surface area contributed by atoms with Crippen molar-refractivity contribution in [2.75, 3.05) is 6.54 Å². The summed E-state index contributed by atoms with van der Waals surface area (Å²) in [5.41, 5.74) is 0. The molecule has 0 aromatic rings. The van der Waals surface area contributed by atoms with Gasteiger partial charge in [0.15, 0.2) is 0 Å². The fourth-order valence-corrected chi connectivity index (χ4v) is 2.15. The van der Waals surface area contributed by atoms with Gasteiger partial charge in [-0.15, -0.1) is 0 Å². The molecule has 5 nitrogen and oxygen atoms in total. The Morgan fingerprint density at radius 3 is 1.84 bits per heavy atom. The molecule has 0 aromatic heterocycles. The maximum Gasteiger partial charge on any atom is 0.320 e. The van der Waals surface area contributed by atoms with Gasteiger partial charge in [0, 0.05) is 6.54 Å². The van der Waals surface area contributed by atoms with Crippen LogP contribution in [0.4, 0.5) is 0 Å². The summed E-state index contributed by atoms with van der Waals surface area (Å²) in [6.45, 7) is 7.81. The first-order chi connectivity index (χ1) is 8.84. The van der Waals surface area contributed by atoms with E-state index < -0.39 is 24.0 Å². The molecule has 0 aliphatic rings. The molecule has 0 radical (unpaired) electrons. The number of carboxylic acids is 2. The van der Waals surface area contributed by atoms with Gasteiger partial charge in [0.05, 0.1) is 0 Å². The highest BCUT2D eigenvalue weighted by Crippen LogP contribution is 2.18. The van der Waals surface area contributed by atoms with Crippen molar-refractivity contribution < 1.29 is 19.8 Å². The van der Waals surface area contributed by atoms with E-state index in [0.717, 1.165) is 25.7 Å². The largest absolute Gasteiger partial charge is 0.480 e. The second kappa shape index (κ2) is 8.91. The van der Waals surface area contributed by atoms with Crippen LogP contribution in [0.1, 0.15) is 53.4 Å². The first-order valence-electron chi connectivity index (χ1n) is 7.06. The monoisotopic (exact) mass is 273 g/mol. The average Bonchev–Trinajstić information content (AvgIpc) is 2.37. The number of unbranched alkanes of at least 4 members (excludes halogenated alkanes) is 1. The van der Waals surface area contributed by atoms with Gasteiger partial charge in [-0.2, -0.15) is 0 Å². The fraction of sp³-hybridized carbons (Fsp3) is 0.857. The summed E-state index contributed by atoms with van der Waals surface area (Å²) in [7, 11) is 0. The fourth-order valence-electron chi connectivity index (χ4n) is 2.15. The van der Waals surface area contributed by atoms with Crippen LogP contribution in [0, 0.1) is 5.92 Å². The van der Waals surface area contributed by atoms with Crippen LogP contribution in [0.15, 0.2) is 0 Å². The Hall–Kier alpha value is -1.10. The maximum absolute atomic E-state index is 11.1. The number of carbonyl (C=O) groups is 2. The lowest BCUT2D eigenvalue weighted by molar-refractivity contribution is -0.149. The Balaban J connectivity index is 4.82. The lowest BCUT2D eigenvalue weighted by Gasteiger charge is -2.33. The molecule has 0 aliphatic heterocycles. The van der Waals surface area contributed by atoms with E-state index in [1.54, 1.807) is 18.7 Å². The molecule has 112 valence electrons. The maximum atomic E-state index is 11.1. The van der Waals surface area contributed by atoms with Gasteiger partial charge in [-0.1, -0.05) is 33.1 Å². The van der Waals surface area contributed by atoms with Crippen molar-refractivity contribution in [2.24, 2.45) is 5.92 Å². The number of rotatable bonds is 10. The minimum Gasteiger partial charge on any atom is -0.480 e. The summed E-state index contributed by atoms with van der Waals surface area (Å²) < 4.78 is 0. The van der Waals surface area contributed by atoms with Crippen LogP contribution < -0.4 is 0 Å². The minimum absolute atomic E-state index is 0.351. The van der Waals surface area contributed by atoms with E-state index in [0.29, 0.717) is 12.5 Å².